The molecule has 2 nitrogen and oxygen atoms in total. The zero-order valence-corrected chi connectivity index (χ0v) is 8.20. The fourth-order valence-corrected chi connectivity index (χ4v) is 1.49. The Morgan fingerprint density at radius 1 is 1.31 bits per heavy atom. The van der Waals surface area contributed by atoms with Crippen molar-refractivity contribution in [2.45, 2.75) is 18.9 Å². The van der Waals surface area contributed by atoms with Crippen LogP contribution in [0.1, 0.15) is 18.4 Å². The highest BCUT2D eigenvalue weighted by molar-refractivity contribution is 5.20. The Morgan fingerprint density at radius 2 is 1.92 bits per heavy atom. The molecule has 72 valence electrons. The average Bonchev–Trinajstić information content (AvgIpc) is 2.21. The van der Waals surface area contributed by atoms with Gasteiger partial charge in [0, 0.05) is 6.04 Å². The quantitative estimate of drug-likeness (QED) is 0.731. The summed E-state index contributed by atoms with van der Waals surface area (Å²) in [7, 11) is 1.88. The topological polar surface area (TPSA) is 32.3 Å². The van der Waals surface area contributed by atoms with Gasteiger partial charge in [0.15, 0.2) is 0 Å². The molecule has 0 aliphatic rings. The third-order valence-corrected chi connectivity index (χ3v) is 2.50. The van der Waals surface area contributed by atoms with Crippen LogP contribution in [0.2, 0.25) is 0 Å². The molecule has 2 atom stereocenters. The van der Waals surface area contributed by atoms with E-state index in [2.05, 4.69) is 24.4 Å². The Kier molecular flexibility index (Phi) is 3.93. The van der Waals surface area contributed by atoms with E-state index in [0.29, 0.717) is 5.92 Å². The largest absolute Gasteiger partial charge is 0.395 e. The van der Waals surface area contributed by atoms with Crippen molar-refractivity contribution >= 4 is 0 Å². The molecule has 0 amide bonds. The minimum atomic E-state index is 0.141. The van der Waals surface area contributed by atoms with E-state index in [0.717, 1.165) is 0 Å². The van der Waals surface area contributed by atoms with Crippen molar-refractivity contribution in [3.63, 3.8) is 0 Å². The molecule has 1 aromatic carbocycles. The van der Waals surface area contributed by atoms with E-state index in [1.165, 1.54) is 5.56 Å². The van der Waals surface area contributed by atoms with E-state index < -0.39 is 0 Å². The van der Waals surface area contributed by atoms with Crippen molar-refractivity contribution in [3.8, 4) is 0 Å². The smallest absolute Gasteiger partial charge is 0.0590 e. The molecule has 1 rings (SSSR count). The minimum Gasteiger partial charge on any atom is -0.395 e. The second-order valence-electron chi connectivity index (χ2n) is 3.28. The van der Waals surface area contributed by atoms with Crippen LogP contribution in [0.25, 0.3) is 0 Å². The first kappa shape index (κ1) is 10.2. The lowest BCUT2D eigenvalue weighted by Gasteiger charge is -2.21. The van der Waals surface area contributed by atoms with Gasteiger partial charge in [-0.3, -0.25) is 0 Å². The molecular weight excluding hydrogens is 162 g/mol. The number of likely N-dealkylation sites (N-methyl/N-ethyl adjacent to an activating group) is 1. The third-order valence-electron chi connectivity index (χ3n) is 2.50. The van der Waals surface area contributed by atoms with Crippen molar-refractivity contribution in [2.24, 2.45) is 0 Å². The van der Waals surface area contributed by atoms with Gasteiger partial charge in [-0.25, -0.2) is 0 Å². The van der Waals surface area contributed by atoms with Crippen LogP contribution < -0.4 is 5.32 Å². The van der Waals surface area contributed by atoms with Crippen LogP contribution in [-0.2, 0) is 0 Å². The Balaban J connectivity index is 2.72. The number of benzene rings is 1. The summed E-state index contributed by atoms with van der Waals surface area (Å²) < 4.78 is 0. The summed E-state index contributed by atoms with van der Waals surface area (Å²) in [6.45, 7) is 2.29. The monoisotopic (exact) mass is 179 g/mol. The first-order valence-corrected chi connectivity index (χ1v) is 4.62. The Bertz CT molecular complexity index is 231. The Morgan fingerprint density at radius 3 is 2.38 bits per heavy atom. The molecule has 0 aliphatic carbocycles. The normalized spacial score (nSPS) is 15.3. The number of aliphatic hydroxyl groups is 1. The maximum absolute atomic E-state index is 9.10. The maximum atomic E-state index is 9.10. The van der Waals surface area contributed by atoms with Gasteiger partial charge in [0.2, 0.25) is 0 Å². The first-order valence-electron chi connectivity index (χ1n) is 4.62. The third kappa shape index (κ3) is 2.54. The molecule has 0 aliphatic heterocycles. The first-order chi connectivity index (χ1) is 6.29. The van der Waals surface area contributed by atoms with Crippen molar-refractivity contribution in [3.05, 3.63) is 35.9 Å². The summed E-state index contributed by atoms with van der Waals surface area (Å²) in [4.78, 5) is 0. The van der Waals surface area contributed by atoms with Gasteiger partial charge in [0.1, 0.15) is 0 Å². The molecule has 2 N–H and O–H groups in total. The highest BCUT2D eigenvalue weighted by atomic mass is 16.3. The minimum absolute atomic E-state index is 0.141. The van der Waals surface area contributed by atoms with Crippen molar-refractivity contribution in [2.75, 3.05) is 13.7 Å². The van der Waals surface area contributed by atoms with Gasteiger partial charge in [-0.15, -0.1) is 0 Å². The Labute approximate surface area is 79.6 Å². The SMILES string of the molecule is CNC(CO)C(C)c1ccccc1. The van der Waals surface area contributed by atoms with Crippen molar-refractivity contribution in [1.82, 2.24) is 5.32 Å². The lowest BCUT2D eigenvalue weighted by Crippen LogP contribution is -2.34. The molecule has 0 fully saturated rings. The van der Waals surface area contributed by atoms with Crippen molar-refractivity contribution < 1.29 is 5.11 Å². The summed E-state index contributed by atoms with van der Waals surface area (Å²) in [5, 5.41) is 12.2. The predicted molar refractivity (Wildman–Crippen MR) is 54.8 cm³/mol. The molecule has 0 aromatic heterocycles. The van der Waals surface area contributed by atoms with Crippen LogP contribution in [0, 0.1) is 0 Å². The van der Waals surface area contributed by atoms with E-state index >= 15 is 0 Å². The molecule has 0 spiro atoms. The van der Waals surface area contributed by atoms with Crippen LogP contribution in [0.5, 0.6) is 0 Å². The molecular formula is C11H17NO. The van der Waals surface area contributed by atoms with Crippen LogP contribution in [-0.4, -0.2) is 24.8 Å². The highest BCUT2D eigenvalue weighted by Gasteiger charge is 2.15. The maximum Gasteiger partial charge on any atom is 0.0590 e. The Hall–Kier alpha value is -0.860. The molecule has 0 saturated carbocycles. The summed E-state index contributed by atoms with van der Waals surface area (Å²) in [5.41, 5.74) is 1.26. The lowest BCUT2D eigenvalue weighted by molar-refractivity contribution is 0.233. The highest BCUT2D eigenvalue weighted by Crippen LogP contribution is 2.17. The van der Waals surface area contributed by atoms with Gasteiger partial charge < -0.3 is 10.4 Å². The summed E-state index contributed by atoms with van der Waals surface area (Å²) in [6.07, 6.45) is 0. The number of nitrogens with one attached hydrogen (secondary N) is 1. The van der Waals surface area contributed by atoms with E-state index in [1.807, 2.05) is 25.2 Å². The fourth-order valence-electron chi connectivity index (χ4n) is 1.49. The van der Waals surface area contributed by atoms with E-state index in [9.17, 15) is 0 Å². The van der Waals surface area contributed by atoms with E-state index in [-0.39, 0.29) is 12.6 Å². The molecule has 0 radical (unpaired) electrons. The second kappa shape index (κ2) is 5.00. The van der Waals surface area contributed by atoms with Crippen LogP contribution in [0.4, 0.5) is 0 Å². The number of hydrogen-bond acceptors (Lipinski definition) is 2. The molecule has 2 heteroatoms. The van der Waals surface area contributed by atoms with Gasteiger partial charge >= 0.3 is 0 Å². The van der Waals surface area contributed by atoms with Gasteiger partial charge in [-0.2, -0.15) is 0 Å². The predicted octanol–water partition coefficient (Wildman–Crippen LogP) is 1.37. The summed E-state index contributed by atoms with van der Waals surface area (Å²) in [6, 6.07) is 10.4. The summed E-state index contributed by atoms with van der Waals surface area (Å²) in [5.74, 6) is 0.344. The summed E-state index contributed by atoms with van der Waals surface area (Å²) >= 11 is 0. The van der Waals surface area contributed by atoms with Crippen LogP contribution >= 0.6 is 0 Å². The van der Waals surface area contributed by atoms with E-state index in [4.69, 9.17) is 5.11 Å². The average molecular weight is 179 g/mol. The van der Waals surface area contributed by atoms with Gasteiger partial charge in [0.05, 0.1) is 6.61 Å². The second-order valence-corrected chi connectivity index (χ2v) is 3.28. The molecule has 2 unspecified atom stereocenters. The van der Waals surface area contributed by atoms with E-state index in [1.54, 1.807) is 0 Å². The zero-order valence-electron chi connectivity index (χ0n) is 8.20. The standard InChI is InChI=1S/C11H17NO/c1-9(11(8-13)12-2)10-6-4-3-5-7-10/h3-7,9,11-13H,8H2,1-2H3. The fraction of sp³-hybridized carbons (Fsp3) is 0.455. The van der Waals surface area contributed by atoms with Gasteiger partial charge in [-0.05, 0) is 18.5 Å². The zero-order chi connectivity index (χ0) is 9.68. The number of rotatable bonds is 4. The van der Waals surface area contributed by atoms with Gasteiger partial charge in [-0.1, -0.05) is 37.3 Å². The molecule has 13 heavy (non-hydrogen) atoms. The van der Waals surface area contributed by atoms with Crippen LogP contribution in [0.3, 0.4) is 0 Å². The number of hydrogen-bond donors (Lipinski definition) is 2. The van der Waals surface area contributed by atoms with Crippen LogP contribution in [0.15, 0.2) is 30.3 Å². The lowest BCUT2D eigenvalue weighted by atomic mass is 9.94. The molecule has 0 heterocycles. The molecule has 0 saturated heterocycles. The van der Waals surface area contributed by atoms with Crippen molar-refractivity contribution in [1.29, 1.82) is 0 Å². The number of aliphatic hydroxyl groups excluding tert-OH is 1. The molecule has 0 bridgehead atoms. The van der Waals surface area contributed by atoms with Gasteiger partial charge in [0.25, 0.3) is 0 Å². The molecule has 1 aromatic rings.